The van der Waals surface area contributed by atoms with Crippen LogP contribution in [-0.2, 0) is 6.54 Å². The van der Waals surface area contributed by atoms with Gasteiger partial charge in [-0.15, -0.1) is 0 Å². The van der Waals surface area contributed by atoms with Crippen molar-refractivity contribution in [2.24, 2.45) is 16.5 Å². The monoisotopic (exact) mass is 541 g/mol. The molecule has 210 valence electrons. The van der Waals surface area contributed by atoms with E-state index >= 15 is 0 Å². The van der Waals surface area contributed by atoms with Crippen LogP contribution in [0.3, 0.4) is 0 Å². The summed E-state index contributed by atoms with van der Waals surface area (Å²) in [4.78, 5) is 23.7. The lowest BCUT2D eigenvalue weighted by Crippen LogP contribution is -2.43. The average molecular weight is 542 g/mol. The zero-order chi connectivity index (χ0) is 27.9. The molecule has 1 saturated heterocycles. The number of hydrogen-bond donors (Lipinski definition) is 5. The first kappa shape index (κ1) is 27.4. The maximum Gasteiger partial charge on any atom is 0.253 e. The summed E-state index contributed by atoms with van der Waals surface area (Å²) < 4.78 is 2.03. The highest BCUT2D eigenvalue weighted by molar-refractivity contribution is 5.94. The van der Waals surface area contributed by atoms with Gasteiger partial charge in [0.05, 0.1) is 5.69 Å². The average Bonchev–Trinajstić information content (AvgIpc) is 3.42. The minimum Gasteiger partial charge on any atom is -0.370 e. The molecule has 3 heterocycles. The van der Waals surface area contributed by atoms with E-state index in [0.717, 1.165) is 62.6 Å². The van der Waals surface area contributed by atoms with E-state index in [1.165, 1.54) is 16.7 Å². The number of fused-ring (bicyclic) bond motifs is 1. The van der Waals surface area contributed by atoms with Crippen molar-refractivity contribution in [3.63, 3.8) is 0 Å². The molecule has 0 bridgehead atoms. The molecule has 1 fully saturated rings. The molecule has 7 N–H and O–H groups in total. The molecular weight excluding hydrogens is 502 g/mol. The number of imidazole rings is 1. The normalized spacial score (nSPS) is 15.1. The quantitative estimate of drug-likeness (QED) is 0.151. The second-order valence-electron chi connectivity index (χ2n) is 10.4. The number of nitrogens with two attached hydrogens (primary N) is 2. The maximum absolute atomic E-state index is 13.0. The molecule has 2 aliphatic rings. The highest BCUT2D eigenvalue weighted by atomic mass is 16.2. The predicted molar refractivity (Wildman–Crippen MR) is 162 cm³/mol. The summed E-state index contributed by atoms with van der Waals surface area (Å²) in [5.74, 6) is 1.02. The summed E-state index contributed by atoms with van der Waals surface area (Å²) in [6.07, 6.45) is 7.04. The molecule has 0 atom stereocenters. The number of rotatable bonds is 10. The molecule has 40 heavy (non-hydrogen) atoms. The number of nitrogens with one attached hydrogen (secondary N) is 3. The molecule has 0 radical (unpaired) electrons. The number of benzene rings is 2. The van der Waals surface area contributed by atoms with E-state index in [9.17, 15) is 4.79 Å². The molecule has 0 saturated carbocycles. The lowest BCUT2D eigenvalue weighted by molar-refractivity contribution is 0.0703. The van der Waals surface area contributed by atoms with Crippen LogP contribution in [0.25, 0.3) is 23.0 Å². The fourth-order valence-corrected chi connectivity index (χ4v) is 5.15. The number of carbonyl (C=O) groups is 1. The Labute approximate surface area is 235 Å². The third kappa shape index (κ3) is 6.70. The molecular formula is C30H39N9O. The second kappa shape index (κ2) is 12.8. The molecule has 0 aliphatic carbocycles. The first-order valence-electron chi connectivity index (χ1n) is 13.9. The molecule has 1 amide bonds. The number of hydrogen-bond acceptors (Lipinski definition) is 6. The maximum atomic E-state index is 13.0. The second-order valence-corrected chi connectivity index (χ2v) is 10.4. The van der Waals surface area contributed by atoms with Gasteiger partial charge in [0.1, 0.15) is 0 Å². The zero-order valence-electron chi connectivity index (χ0n) is 23.1. The third-order valence-corrected chi connectivity index (χ3v) is 7.53. The first-order chi connectivity index (χ1) is 19.5. The Morgan fingerprint density at radius 2 is 1.82 bits per heavy atom. The standard InChI is InChI=1S/C30H39N9O/c1-38(26-11-15-33-16-12-26)28(40)24-9-7-23(8-10-24)27-20-39-19-25(18-36-30(39)37-27)22-5-3-21(4-6-22)17-34-13-2-14-35-29(31)32/h3-10,19-20,26,33-34H,2,11-18H2,1H3,(H,36,37)(H4,31,32,35). The number of aromatic nitrogens is 2. The number of amides is 1. The van der Waals surface area contributed by atoms with Crippen molar-refractivity contribution in [2.75, 3.05) is 45.1 Å². The van der Waals surface area contributed by atoms with Crippen LogP contribution in [0, 0.1) is 0 Å². The van der Waals surface area contributed by atoms with Gasteiger partial charge >= 0.3 is 0 Å². The van der Waals surface area contributed by atoms with Crippen molar-refractivity contribution < 1.29 is 4.79 Å². The summed E-state index contributed by atoms with van der Waals surface area (Å²) in [5.41, 5.74) is 16.8. The van der Waals surface area contributed by atoms with Gasteiger partial charge in [-0.2, -0.15) is 0 Å². The summed E-state index contributed by atoms with van der Waals surface area (Å²) in [7, 11) is 1.91. The molecule has 0 unspecified atom stereocenters. The van der Waals surface area contributed by atoms with Gasteiger partial charge in [0.15, 0.2) is 5.96 Å². The molecule has 5 rings (SSSR count). The number of guanidine groups is 1. The number of piperidine rings is 1. The third-order valence-electron chi connectivity index (χ3n) is 7.53. The number of anilines is 1. The fourth-order valence-electron chi connectivity index (χ4n) is 5.15. The van der Waals surface area contributed by atoms with Crippen molar-refractivity contribution in [3.05, 3.63) is 71.4 Å². The minimum absolute atomic E-state index is 0.0708. The van der Waals surface area contributed by atoms with Gasteiger partial charge in [-0.05, 0) is 67.7 Å². The van der Waals surface area contributed by atoms with Crippen LogP contribution in [0.1, 0.15) is 40.7 Å². The van der Waals surface area contributed by atoms with Crippen molar-refractivity contribution in [3.8, 4) is 11.3 Å². The van der Waals surface area contributed by atoms with Gasteiger partial charge in [0, 0.05) is 56.2 Å². The van der Waals surface area contributed by atoms with E-state index in [1.807, 2.05) is 47.0 Å². The lowest BCUT2D eigenvalue weighted by atomic mass is 10.0. The van der Waals surface area contributed by atoms with Crippen molar-refractivity contribution in [2.45, 2.75) is 31.8 Å². The van der Waals surface area contributed by atoms with Crippen LogP contribution in [-0.4, -0.2) is 72.1 Å². The predicted octanol–water partition coefficient (Wildman–Crippen LogP) is 2.55. The Hall–Kier alpha value is -4.15. The highest BCUT2D eigenvalue weighted by Gasteiger charge is 2.23. The van der Waals surface area contributed by atoms with Crippen LogP contribution >= 0.6 is 0 Å². The smallest absolute Gasteiger partial charge is 0.253 e. The fraction of sp³-hybridized carbons (Fsp3) is 0.367. The number of carbonyl (C=O) groups excluding carboxylic acids is 1. The van der Waals surface area contributed by atoms with Crippen LogP contribution in [0.15, 0.2) is 59.7 Å². The van der Waals surface area contributed by atoms with E-state index < -0.39 is 0 Å². The van der Waals surface area contributed by atoms with Crippen molar-refractivity contribution in [1.29, 1.82) is 0 Å². The van der Waals surface area contributed by atoms with Crippen LogP contribution in [0.4, 0.5) is 5.95 Å². The largest absolute Gasteiger partial charge is 0.370 e. The molecule has 0 spiro atoms. The summed E-state index contributed by atoms with van der Waals surface area (Å²) >= 11 is 0. The molecule has 10 nitrogen and oxygen atoms in total. The Bertz CT molecular complexity index is 1350. The Kier molecular flexibility index (Phi) is 8.78. The Morgan fingerprint density at radius 1 is 1.10 bits per heavy atom. The lowest BCUT2D eigenvalue weighted by Gasteiger charge is -2.31. The SMILES string of the molecule is CN(C(=O)c1ccc(-c2cn3c(n2)NCC(c2ccc(CNCCCN=C(N)N)cc2)=C3)cc1)C1CCNCC1. The topological polar surface area (TPSA) is 139 Å². The van der Waals surface area contributed by atoms with Gasteiger partial charge in [0.2, 0.25) is 5.95 Å². The molecule has 2 aliphatic heterocycles. The summed E-state index contributed by atoms with van der Waals surface area (Å²) in [6, 6.07) is 16.7. The molecule has 1 aromatic heterocycles. The van der Waals surface area contributed by atoms with E-state index in [-0.39, 0.29) is 11.9 Å². The van der Waals surface area contributed by atoms with Gasteiger partial charge in [0.25, 0.3) is 5.91 Å². The van der Waals surface area contributed by atoms with Crippen LogP contribution < -0.4 is 27.4 Å². The minimum atomic E-state index is 0.0708. The van der Waals surface area contributed by atoms with Gasteiger partial charge in [-0.3, -0.25) is 14.4 Å². The Morgan fingerprint density at radius 3 is 2.55 bits per heavy atom. The highest BCUT2D eigenvalue weighted by Crippen LogP contribution is 2.28. The summed E-state index contributed by atoms with van der Waals surface area (Å²) in [5, 5.41) is 10.2. The zero-order valence-corrected chi connectivity index (χ0v) is 23.1. The van der Waals surface area contributed by atoms with Gasteiger partial charge in [-0.1, -0.05) is 36.4 Å². The number of nitrogens with zero attached hydrogens (tertiary/aromatic N) is 4. The van der Waals surface area contributed by atoms with E-state index in [2.05, 4.69) is 51.4 Å². The van der Waals surface area contributed by atoms with Crippen molar-refractivity contribution >= 4 is 29.6 Å². The van der Waals surface area contributed by atoms with Crippen LogP contribution in [0.2, 0.25) is 0 Å². The number of aliphatic imine (C=N–C) groups is 1. The van der Waals surface area contributed by atoms with Crippen molar-refractivity contribution in [1.82, 2.24) is 25.1 Å². The molecule has 2 aromatic carbocycles. The van der Waals surface area contributed by atoms with E-state index in [4.69, 9.17) is 16.5 Å². The van der Waals surface area contributed by atoms with Gasteiger partial charge < -0.3 is 32.3 Å². The van der Waals surface area contributed by atoms with Crippen LogP contribution in [0.5, 0.6) is 0 Å². The Balaban J connectivity index is 1.19. The molecule has 3 aromatic rings. The van der Waals surface area contributed by atoms with E-state index in [0.29, 0.717) is 24.7 Å². The van der Waals surface area contributed by atoms with E-state index in [1.54, 1.807) is 0 Å². The van der Waals surface area contributed by atoms with Gasteiger partial charge in [-0.25, -0.2) is 4.98 Å². The summed E-state index contributed by atoms with van der Waals surface area (Å²) in [6.45, 7) is 4.91. The molecule has 10 heteroatoms. The first-order valence-corrected chi connectivity index (χ1v) is 13.9.